The van der Waals surface area contributed by atoms with Crippen molar-refractivity contribution < 1.29 is 110 Å². The number of nitrogens with zero attached hydrogens (tertiary/aromatic N) is 1. The maximum absolute atomic E-state index is 14.2. The van der Waals surface area contributed by atoms with Crippen LogP contribution in [0.15, 0.2) is 72.8 Å². The summed E-state index contributed by atoms with van der Waals surface area (Å²) in [5.41, 5.74) is -30.2. The smallest absolute Gasteiger partial charge is 0.326 e. The molecule has 0 N–H and O–H groups in total. The molecule has 402 valence electrons. The van der Waals surface area contributed by atoms with Crippen LogP contribution in [0.1, 0.15) is 109 Å². The van der Waals surface area contributed by atoms with Gasteiger partial charge < -0.3 is 4.48 Å². The van der Waals surface area contributed by atoms with Gasteiger partial charge in [-0.1, -0.05) is 81.1 Å². The monoisotopic (exact) mass is 1080 g/mol. The van der Waals surface area contributed by atoms with Crippen molar-refractivity contribution in [3.63, 3.8) is 0 Å². The molecular weight excluding hydrogens is 1030 g/mol. The Morgan fingerprint density at radius 3 is 0.736 bits per heavy atom. The van der Waals surface area contributed by atoms with Crippen molar-refractivity contribution in [3.05, 3.63) is 117 Å². The summed E-state index contributed by atoms with van der Waals surface area (Å²) in [6.45, 7) is 6.61. The molecule has 0 bridgehead atoms. The number of rotatable bonds is 11. The Morgan fingerprint density at radius 1 is 0.319 bits per heavy atom. The van der Waals surface area contributed by atoms with Crippen LogP contribution in [0.2, 0.25) is 0 Å². The molecule has 0 aliphatic carbocycles. The van der Waals surface area contributed by atoms with Crippen molar-refractivity contribution in [1.29, 1.82) is 0 Å². The fraction of sp³-hybridized carbons (Fsp3) is 0.478. The van der Waals surface area contributed by atoms with E-state index in [-0.39, 0.29) is 0 Å². The van der Waals surface area contributed by atoms with E-state index < -0.39 is 195 Å². The number of hydrogen-bond donors (Lipinski definition) is 0. The lowest BCUT2D eigenvalue weighted by Crippen LogP contribution is -2.75. The maximum Gasteiger partial charge on any atom is 0.416 e. The topological polar surface area (TPSA) is 0 Å². The molecule has 72 heavy (non-hydrogen) atoms. The minimum atomic E-state index is -6.13. The van der Waals surface area contributed by atoms with Crippen molar-refractivity contribution >= 4 is 28.0 Å². The number of alkyl halides is 24. The lowest BCUT2D eigenvalue weighted by atomic mass is 9.12. The molecule has 0 unspecified atom stereocenters. The van der Waals surface area contributed by atoms with Gasteiger partial charge in [0.15, 0.2) is 0 Å². The first kappa shape index (κ1) is 59.8. The van der Waals surface area contributed by atoms with Crippen molar-refractivity contribution in [2.24, 2.45) is 0 Å². The summed E-state index contributed by atoms with van der Waals surface area (Å²) in [5, 5.41) is 0. The first-order valence-electron chi connectivity index (χ1n) is 21.7. The second-order valence-electron chi connectivity index (χ2n) is 17.8. The molecule has 0 amide bonds. The average molecular weight is 1080 g/mol. The largest absolute Gasteiger partial charge is 0.416 e. The number of piperidine rings is 1. The number of benzene rings is 4. The van der Waals surface area contributed by atoms with Crippen LogP contribution < -0.4 is 21.9 Å². The maximum atomic E-state index is 14.2. The predicted octanol–water partition coefficient (Wildman–Crippen LogP) is 15.2. The van der Waals surface area contributed by atoms with Crippen molar-refractivity contribution in [3.8, 4) is 0 Å². The van der Waals surface area contributed by atoms with E-state index in [0.717, 1.165) is 0 Å². The molecule has 4 aromatic carbocycles. The summed E-state index contributed by atoms with van der Waals surface area (Å²) in [6, 6.07) is -8.81. The van der Waals surface area contributed by atoms with Crippen LogP contribution in [-0.4, -0.2) is 37.3 Å². The first-order valence-corrected chi connectivity index (χ1v) is 21.7. The van der Waals surface area contributed by atoms with Gasteiger partial charge in [0.1, 0.15) is 6.15 Å². The molecule has 1 fully saturated rings. The highest BCUT2D eigenvalue weighted by molar-refractivity contribution is 7.20. The minimum absolute atomic E-state index is 0.691. The Kier molecular flexibility index (Phi) is 17.6. The van der Waals surface area contributed by atoms with Gasteiger partial charge in [0.05, 0.1) is 71.2 Å². The molecule has 1 aliphatic rings. The fourth-order valence-electron chi connectivity index (χ4n) is 8.84. The first-order chi connectivity index (χ1) is 32.5. The molecule has 0 radical (unpaired) electrons. The Labute approximate surface area is 395 Å². The number of unbranched alkanes of at least 4 members (excludes halogenated alkanes) is 5. The zero-order chi connectivity index (χ0) is 54.9. The van der Waals surface area contributed by atoms with Crippen LogP contribution in [0.25, 0.3) is 0 Å². The third kappa shape index (κ3) is 14.9. The summed E-state index contributed by atoms with van der Waals surface area (Å²) < 4.78 is 342. The van der Waals surface area contributed by atoms with Crippen LogP contribution in [0, 0.1) is 0 Å². The Balaban J connectivity index is 0.000000639. The summed E-state index contributed by atoms with van der Waals surface area (Å²) in [5.74, 6) is 0. The van der Waals surface area contributed by atoms with Gasteiger partial charge >= 0.3 is 49.4 Å². The van der Waals surface area contributed by atoms with Crippen LogP contribution in [-0.2, 0) is 49.4 Å². The number of likely N-dealkylation sites (tertiary alicyclic amines) is 1. The standard InChI is InChI=1S/C32H12BF24.C14H30N/c34-25(35,36)13-1-14(26(37,38)39)6-21(5-13)33(22-7-15(27(40,41)42)2-16(8-22)28(43,44)45,23-9-17(29(46,47)48)3-18(10-23)30(49,50)51)24-11-19(31(52,53)54)4-20(12-24)32(55,56)57;1-3-4-5-6-7-9-12-15(2)13-10-8-11-14-15/h1-12H;3-14H2,1-2H3/q-1;+1. The summed E-state index contributed by atoms with van der Waals surface area (Å²) in [7, 11) is 2.46. The lowest BCUT2D eigenvalue weighted by molar-refractivity contribution is -0.914. The van der Waals surface area contributed by atoms with Crippen LogP contribution in [0.5, 0.6) is 0 Å². The second kappa shape index (κ2) is 21.2. The minimum Gasteiger partial charge on any atom is -0.326 e. The molecule has 5 rings (SSSR count). The zero-order valence-corrected chi connectivity index (χ0v) is 37.5. The predicted molar refractivity (Wildman–Crippen MR) is 218 cm³/mol. The summed E-state index contributed by atoms with van der Waals surface area (Å²) in [4.78, 5) is 0. The molecule has 0 atom stereocenters. The van der Waals surface area contributed by atoms with E-state index in [1.807, 2.05) is 0 Å². The summed E-state index contributed by atoms with van der Waals surface area (Å²) >= 11 is 0. The highest BCUT2D eigenvalue weighted by atomic mass is 19.4. The van der Waals surface area contributed by atoms with E-state index >= 15 is 0 Å². The molecule has 0 aromatic heterocycles. The second-order valence-corrected chi connectivity index (χ2v) is 17.8. The summed E-state index contributed by atoms with van der Waals surface area (Å²) in [6.07, 6.45) is -41.7. The third-order valence-electron chi connectivity index (χ3n) is 12.4. The van der Waals surface area contributed by atoms with Gasteiger partial charge in [-0.05, 0) is 56.4 Å². The van der Waals surface area contributed by atoms with Gasteiger partial charge in [0.25, 0.3) is 0 Å². The van der Waals surface area contributed by atoms with E-state index in [4.69, 9.17) is 0 Å². The Bertz CT molecular complexity index is 2020. The van der Waals surface area contributed by atoms with E-state index in [1.54, 1.807) is 0 Å². The van der Waals surface area contributed by atoms with Crippen molar-refractivity contribution in [2.45, 2.75) is 114 Å². The molecule has 1 heterocycles. The molecule has 0 spiro atoms. The highest BCUT2D eigenvalue weighted by Crippen LogP contribution is 2.41. The average Bonchev–Trinajstić information content (AvgIpc) is 3.23. The molecular formula is C46H42BF24N. The number of hydrogen-bond acceptors (Lipinski definition) is 0. The molecule has 4 aromatic rings. The quantitative estimate of drug-likeness (QED) is 0.0608. The normalized spacial score (nSPS) is 15.6. The number of quaternary nitrogens is 1. The molecule has 1 saturated heterocycles. The molecule has 26 heteroatoms. The number of halogens is 24. The van der Waals surface area contributed by atoms with Gasteiger partial charge in [-0.25, -0.2) is 0 Å². The van der Waals surface area contributed by atoms with E-state index in [0.29, 0.717) is 0 Å². The third-order valence-corrected chi connectivity index (χ3v) is 12.4. The Morgan fingerprint density at radius 2 is 0.528 bits per heavy atom. The molecule has 0 saturated carbocycles. The Hall–Kier alpha value is -4.78. The fourth-order valence-corrected chi connectivity index (χ4v) is 8.84. The lowest BCUT2D eigenvalue weighted by Gasteiger charge is -2.46. The van der Waals surface area contributed by atoms with Crippen molar-refractivity contribution in [1.82, 2.24) is 0 Å². The van der Waals surface area contributed by atoms with Crippen LogP contribution >= 0.6 is 0 Å². The SMILES string of the molecule is CCCCCCCC[N+]1(C)CCCCC1.FC(F)(F)c1cc([B-](c2cc(C(F)(F)F)cc(C(F)(F)F)c2)(c2cc(C(F)(F)F)cc(C(F)(F)F)c2)c2cc(C(F)(F)F)cc(C(F)(F)F)c2)cc(C(F)(F)F)c1. The van der Waals surface area contributed by atoms with E-state index in [2.05, 4.69) is 14.0 Å². The van der Waals surface area contributed by atoms with Crippen LogP contribution in [0.4, 0.5) is 105 Å². The van der Waals surface area contributed by atoms with Gasteiger partial charge in [-0.2, -0.15) is 127 Å². The van der Waals surface area contributed by atoms with E-state index in [9.17, 15) is 105 Å². The zero-order valence-electron chi connectivity index (χ0n) is 37.5. The van der Waals surface area contributed by atoms with Gasteiger partial charge in [0.2, 0.25) is 0 Å². The van der Waals surface area contributed by atoms with Crippen molar-refractivity contribution in [2.75, 3.05) is 26.7 Å². The molecule has 1 nitrogen and oxygen atoms in total. The van der Waals surface area contributed by atoms with Gasteiger partial charge in [-0.3, -0.25) is 0 Å². The van der Waals surface area contributed by atoms with Crippen LogP contribution in [0.3, 0.4) is 0 Å². The molecule has 1 aliphatic heterocycles. The van der Waals surface area contributed by atoms with E-state index in [1.165, 1.54) is 81.9 Å². The highest BCUT2D eigenvalue weighted by Gasteiger charge is 2.47. The van der Waals surface area contributed by atoms with Gasteiger partial charge in [-0.15, -0.1) is 0 Å². The van der Waals surface area contributed by atoms with Gasteiger partial charge in [0, 0.05) is 0 Å².